The van der Waals surface area contributed by atoms with Gasteiger partial charge in [-0.3, -0.25) is 4.99 Å². The van der Waals surface area contributed by atoms with Crippen molar-refractivity contribution in [1.82, 2.24) is 0 Å². The molecule has 0 N–H and O–H groups in total. The van der Waals surface area contributed by atoms with Crippen LogP contribution in [0.15, 0.2) is 28.2 Å². The number of benzene rings is 1. The summed E-state index contributed by atoms with van der Waals surface area (Å²) in [6.07, 6.45) is 4.28. The smallest absolute Gasteiger partial charge is 0.154 e. The van der Waals surface area contributed by atoms with Gasteiger partial charge in [0.1, 0.15) is 5.82 Å². The molecule has 0 spiro atoms. The average Bonchev–Trinajstić information content (AvgIpc) is 2.65. The van der Waals surface area contributed by atoms with Crippen molar-refractivity contribution in [2.75, 3.05) is 6.54 Å². The molecule has 0 saturated heterocycles. The zero-order valence-corrected chi connectivity index (χ0v) is 12.6. The molecular formula is C17H23FN2. The molecule has 0 unspecified atom stereocenters. The van der Waals surface area contributed by atoms with E-state index in [-0.39, 0.29) is 5.82 Å². The van der Waals surface area contributed by atoms with Crippen molar-refractivity contribution >= 4 is 11.5 Å². The number of rotatable bonds is 4. The molecule has 0 fully saturated rings. The molecule has 0 saturated carbocycles. The van der Waals surface area contributed by atoms with E-state index in [9.17, 15) is 4.39 Å². The van der Waals surface area contributed by atoms with Gasteiger partial charge < -0.3 is 0 Å². The SMILES string of the molecule is Cc1cc(C2=NCCCC(CCC(C)C)=N2)ccc1F. The van der Waals surface area contributed by atoms with Crippen LogP contribution in [0.1, 0.15) is 50.7 Å². The van der Waals surface area contributed by atoms with Gasteiger partial charge in [-0.25, -0.2) is 9.38 Å². The van der Waals surface area contributed by atoms with E-state index in [0.29, 0.717) is 11.5 Å². The Kier molecular flexibility index (Phi) is 5.05. The number of aryl methyl sites for hydroxylation is 1. The van der Waals surface area contributed by atoms with Crippen molar-refractivity contribution in [3.63, 3.8) is 0 Å². The second-order valence-corrected chi connectivity index (χ2v) is 5.88. The quantitative estimate of drug-likeness (QED) is 0.769. The largest absolute Gasteiger partial charge is 0.266 e. The Morgan fingerprint density at radius 3 is 2.80 bits per heavy atom. The maximum atomic E-state index is 13.4. The third-order valence-corrected chi connectivity index (χ3v) is 3.58. The number of amidine groups is 1. The molecule has 1 heterocycles. The van der Waals surface area contributed by atoms with E-state index in [0.717, 1.165) is 43.6 Å². The molecule has 2 nitrogen and oxygen atoms in total. The van der Waals surface area contributed by atoms with Crippen LogP contribution in [0.5, 0.6) is 0 Å². The first kappa shape index (κ1) is 14.9. The van der Waals surface area contributed by atoms with Gasteiger partial charge in [0.25, 0.3) is 0 Å². The van der Waals surface area contributed by atoms with E-state index < -0.39 is 0 Å². The molecule has 1 aliphatic heterocycles. The maximum absolute atomic E-state index is 13.4. The fourth-order valence-corrected chi connectivity index (χ4v) is 2.28. The molecule has 1 aliphatic rings. The van der Waals surface area contributed by atoms with Gasteiger partial charge in [0.2, 0.25) is 0 Å². The van der Waals surface area contributed by atoms with Crippen LogP contribution in [0.4, 0.5) is 4.39 Å². The van der Waals surface area contributed by atoms with E-state index in [1.165, 1.54) is 11.8 Å². The van der Waals surface area contributed by atoms with Crippen molar-refractivity contribution in [2.45, 2.75) is 46.5 Å². The minimum absolute atomic E-state index is 0.174. The lowest BCUT2D eigenvalue weighted by atomic mass is 10.0. The Morgan fingerprint density at radius 2 is 2.10 bits per heavy atom. The van der Waals surface area contributed by atoms with Crippen molar-refractivity contribution in [1.29, 1.82) is 0 Å². The first-order valence-corrected chi connectivity index (χ1v) is 7.43. The minimum Gasteiger partial charge on any atom is -0.266 e. The number of hydrogen-bond donors (Lipinski definition) is 0. The third-order valence-electron chi connectivity index (χ3n) is 3.58. The Bertz CT molecular complexity index is 530. The highest BCUT2D eigenvalue weighted by molar-refractivity contribution is 6.07. The molecule has 3 heteroatoms. The van der Waals surface area contributed by atoms with Gasteiger partial charge in [0.15, 0.2) is 5.84 Å². The van der Waals surface area contributed by atoms with Gasteiger partial charge >= 0.3 is 0 Å². The molecule has 20 heavy (non-hydrogen) atoms. The Morgan fingerprint density at radius 1 is 1.30 bits per heavy atom. The zero-order chi connectivity index (χ0) is 14.5. The van der Waals surface area contributed by atoms with Crippen LogP contribution in [0.2, 0.25) is 0 Å². The lowest BCUT2D eigenvalue weighted by molar-refractivity contribution is 0.600. The normalized spacial score (nSPS) is 15.8. The van der Waals surface area contributed by atoms with E-state index in [2.05, 4.69) is 18.8 Å². The van der Waals surface area contributed by atoms with E-state index in [4.69, 9.17) is 4.99 Å². The van der Waals surface area contributed by atoms with Gasteiger partial charge in [-0.1, -0.05) is 13.8 Å². The highest BCUT2D eigenvalue weighted by Gasteiger charge is 2.11. The van der Waals surface area contributed by atoms with Gasteiger partial charge in [-0.05, 0) is 62.3 Å². The van der Waals surface area contributed by atoms with Crippen LogP contribution in [0, 0.1) is 18.7 Å². The van der Waals surface area contributed by atoms with E-state index >= 15 is 0 Å². The molecule has 2 rings (SSSR count). The Balaban J connectivity index is 2.21. The summed E-state index contributed by atoms with van der Waals surface area (Å²) >= 11 is 0. The van der Waals surface area contributed by atoms with Gasteiger partial charge in [-0.15, -0.1) is 0 Å². The molecule has 0 atom stereocenters. The molecule has 108 valence electrons. The lowest BCUT2D eigenvalue weighted by Crippen LogP contribution is -2.05. The minimum atomic E-state index is -0.174. The number of aliphatic imine (C=N–C) groups is 2. The van der Waals surface area contributed by atoms with Crippen LogP contribution in [0.25, 0.3) is 0 Å². The lowest BCUT2D eigenvalue weighted by Gasteiger charge is -2.07. The second-order valence-electron chi connectivity index (χ2n) is 5.88. The fourth-order valence-electron chi connectivity index (χ4n) is 2.28. The first-order valence-electron chi connectivity index (χ1n) is 7.43. The standard InChI is InChI=1S/C17H23FN2/c1-12(2)6-8-15-5-4-10-19-17(20-15)14-7-9-16(18)13(3)11-14/h7,9,11-12H,4-6,8,10H2,1-3H3. The summed E-state index contributed by atoms with van der Waals surface area (Å²) in [5, 5.41) is 0. The number of hydrogen-bond acceptors (Lipinski definition) is 2. The van der Waals surface area contributed by atoms with Crippen LogP contribution >= 0.6 is 0 Å². The van der Waals surface area contributed by atoms with E-state index in [1.54, 1.807) is 13.0 Å². The molecule has 0 aromatic heterocycles. The van der Waals surface area contributed by atoms with Crippen LogP contribution < -0.4 is 0 Å². The predicted molar refractivity (Wildman–Crippen MR) is 83.3 cm³/mol. The molecule has 0 bridgehead atoms. The summed E-state index contributed by atoms with van der Waals surface area (Å²) in [7, 11) is 0. The second kappa shape index (κ2) is 6.78. The summed E-state index contributed by atoms with van der Waals surface area (Å²) in [5.74, 6) is 1.28. The molecule has 1 aromatic carbocycles. The predicted octanol–water partition coefficient (Wildman–Crippen LogP) is 4.55. The van der Waals surface area contributed by atoms with Crippen molar-refractivity contribution < 1.29 is 4.39 Å². The molecule has 0 radical (unpaired) electrons. The number of nitrogens with zero attached hydrogens (tertiary/aromatic N) is 2. The van der Waals surface area contributed by atoms with Gasteiger partial charge in [0.05, 0.1) is 0 Å². The molecular weight excluding hydrogens is 251 g/mol. The highest BCUT2D eigenvalue weighted by atomic mass is 19.1. The van der Waals surface area contributed by atoms with Gasteiger partial charge in [-0.2, -0.15) is 0 Å². The van der Waals surface area contributed by atoms with E-state index in [1.807, 2.05) is 6.07 Å². The Labute approximate surface area is 120 Å². The maximum Gasteiger partial charge on any atom is 0.154 e. The summed E-state index contributed by atoms with van der Waals surface area (Å²) in [6.45, 7) is 7.05. The molecule has 1 aromatic rings. The summed E-state index contributed by atoms with van der Waals surface area (Å²) in [5.41, 5.74) is 2.80. The average molecular weight is 274 g/mol. The molecule has 0 aliphatic carbocycles. The number of halogens is 1. The third kappa shape index (κ3) is 3.99. The summed E-state index contributed by atoms with van der Waals surface area (Å²) < 4.78 is 13.4. The Hall–Kier alpha value is -1.51. The van der Waals surface area contributed by atoms with Crippen molar-refractivity contribution in [3.8, 4) is 0 Å². The molecule has 0 amide bonds. The van der Waals surface area contributed by atoms with Crippen LogP contribution in [-0.2, 0) is 0 Å². The fraction of sp³-hybridized carbons (Fsp3) is 0.529. The van der Waals surface area contributed by atoms with Crippen LogP contribution in [0.3, 0.4) is 0 Å². The van der Waals surface area contributed by atoms with Crippen molar-refractivity contribution in [3.05, 3.63) is 35.1 Å². The highest BCUT2D eigenvalue weighted by Crippen LogP contribution is 2.16. The topological polar surface area (TPSA) is 24.7 Å². The first-order chi connectivity index (χ1) is 9.56. The monoisotopic (exact) mass is 274 g/mol. The zero-order valence-electron chi connectivity index (χ0n) is 12.6. The summed E-state index contributed by atoms with van der Waals surface area (Å²) in [4.78, 5) is 9.28. The van der Waals surface area contributed by atoms with Crippen LogP contribution in [-0.4, -0.2) is 18.1 Å². The van der Waals surface area contributed by atoms with Crippen molar-refractivity contribution in [2.24, 2.45) is 15.9 Å². The summed E-state index contributed by atoms with van der Waals surface area (Å²) in [6, 6.07) is 5.11. The van der Waals surface area contributed by atoms with Gasteiger partial charge in [0, 0.05) is 17.8 Å².